The van der Waals surface area contributed by atoms with Crippen LogP contribution in [-0.2, 0) is 13.1 Å². The molecule has 0 unspecified atom stereocenters. The number of nitrogens with zero attached hydrogens (tertiary/aromatic N) is 6. The summed E-state index contributed by atoms with van der Waals surface area (Å²) in [7, 11) is 1.65. The minimum absolute atomic E-state index is 0.323. The third-order valence-electron chi connectivity index (χ3n) is 4.95. The highest BCUT2D eigenvalue weighted by molar-refractivity contribution is 6.33. The zero-order chi connectivity index (χ0) is 21.2. The van der Waals surface area contributed by atoms with Gasteiger partial charge in [0.15, 0.2) is 11.0 Å². The molecule has 3 aromatic heterocycles. The Labute approximate surface area is 183 Å². The zero-order valence-electron chi connectivity index (χ0n) is 16.8. The first kappa shape index (κ1) is 19.3. The molecular formula is C23H19ClN6O. The maximum absolute atomic E-state index is 6.43. The van der Waals surface area contributed by atoms with Gasteiger partial charge in [0.2, 0.25) is 0 Å². The molecule has 5 rings (SSSR count). The molecule has 0 aliphatic heterocycles. The van der Waals surface area contributed by atoms with Crippen molar-refractivity contribution in [3.63, 3.8) is 0 Å². The summed E-state index contributed by atoms with van der Waals surface area (Å²) in [6.45, 7) is 1.28. The number of hydrogen-bond acceptors (Lipinski definition) is 5. The predicted octanol–water partition coefficient (Wildman–Crippen LogP) is 4.45. The second-order valence-electron chi connectivity index (χ2n) is 7.16. The van der Waals surface area contributed by atoms with Crippen LogP contribution in [-0.4, -0.2) is 36.6 Å². The van der Waals surface area contributed by atoms with Crippen LogP contribution in [0.1, 0.15) is 11.1 Å². The fraction of sp³-hybridized carbons (Fsp3) is 0.130. The van der Waals surface area contributed by atoms with E-state index in [2.05, 4.69) is 32.3 Å². The Morgan fingerprint density at radius 1 is 0.871 bits per heavy atom. The normalized spacial score (nSPS) is 11.2. The summed E-state index contributed by atoms with van der Waals surface area (Å²) in [4.78, 5) is 9.11. The Balaban J connectivity index is 1.40. The van der Waals surface area contributed by atoms with Gasteiger partial charge in [-0.2, -0.15) is 10.2 Å². The highest BCUT2D eigenvalue weighted by Gasteiger charge is 2.13. The van der Waals surface area contributed by atoms with Gasteiger partial charge in [-0.3, -0.25) is 9.36 Å². The standard InChI is InChI=1S/C23H19ClN6O/c1-31-19-9-7-17(8-10-19)13-30-15-20-21(28-30)22(24)27-23(26-20)18-11-25-29(14-18)12-16-5-3-2-4-6-16/h2-11,14-15H,12-13H2,1H3. The minimum atomic E-state index is 0.323. The summed E-state index contributed by atoms with van der Waals surface area (Å²) < 4.78 is 8.88. The monoisotopic (exact) mass is 430 g/mol. The van der Waals surface area contributed by atoms with Crippen molar-refractivity contribution in [3.05, 3.63) is 89.5 Å². The van der Waals surface area contributed by atoms with Crippen molar-refractivity contribution in [2.75, 3.05) is 7.11 Å². The lowest BCUT2D eigenvalue weighted by molar-refractivity contribution is 0.414. The van der Waals surface area contributed by atoms with Gasteiger partial charge in [0, 0.05) is 6.20 Å². The lowest BCUT2D eigenvalue weighted by atomic mass is 10.2. The van der Waals surface area contributed by atoms with Crippen LogP contribution < -0.4 is 4.74 Å². The Kier molecular flexibility index (Phi) is 5.09. The van der Waals surface area contributed by atoms with E-state index in [0.717, 1.165) is 16.9 Å². The Hall–Kier alpha value is -3.71. The molecule has 0 fully saturated rings. The molecule has 8 heteroatoms. The van der Waals surface area contributed by atoms with Crippen molar-refractivity contribution in [3.8, 4) is 17.1 Å². The van der Waals surface area contributed by atoms with Crippen molar-refractivity contribution in [2.24, 2.45) is 0 Å². The molecule has 2 aromatic carbocycles. The SMILES string of the molecule is COc1ccc(Cn2cc3nc(-c4cnn(Cc5ccccc5)c4)nc(Cl)c3n2)cc1. The van der Waals surface area contributed by atoms with Crippen LogP contribution in [0.15, 0.2) is 73.2 Å². The van der Waals surface area contributed by atoms with Gasteiger partial charge in [-0.05, 0) is 23.3 Å². The molecule has 0 aliphatic rings. The van der Waals surface area contributed by atoms with Gasteiger partial charge in [0.1, 0.15) is 16.8 Å². The molecule has 0 saturated carbocycles. The molecule has 7 nitrogen and oxygen atoms in total. The van der Waals surface area contributed by atoms with Crippen LogP contribution in [0.25, 0.3) is 22.4 Å². The molecule has 0 N–H and O–H groups in total. The van der Waals surface area contributed by atoms with Gasteiger partial charge in [-0.25, -0.2) is 9.97 Å². The van der Waals surface area contributed by atoms with Crippen molar-refractivity contribution in [1.82, 2.24) is 29.5 Å². The number of halogens is 1. The van der Waals surface area contributed by atoms with E-state index in [4.69, 9.17) is 16.3 Å². The minimum Gasteiger partial charge on any atom is -0.497 e. The maximum Gasteiger partial charge on any atom is 0.164 e. The molecule has 0 amide bonds. The lowest BCUT2D eigenvalue weighted by Crippen LogP contribution is -1.99. The number of hydrogen-bond donors (Lipinski definition) is 0. The molecule has 0 bridgehead atoms. The van der Waals surface area contributed by atoms with Gasteiger partial charge < -0.3 is 4.74 Å². The number of rotatable bonds is 6. The molecule has 0 saturated heterocycles. The highest BCUT2D eigenvalue weighted by atomic mass is 35.5. The van der Waals surface area contributed by atoms with E-state index in [1.54, 1.807) is 13.3 Å². The summed E-state index contributed by atoms with van der Waals surface area (Å²) in [6, 6.07) is 18.0. The fourth-order valence-electron chi connectivity index (χ4n) is 3.39. The van der Waals surface area contributed by atoms with E-state index in [9.17, 15) is 0 Å². The quantitative estimate of drug-likeness (QED) is 0.372. The van der Waals surface area contributed by atoms with Crippen LogP contribution in [0, 0.1) is 0 Å². The average Bonchev–Trinajstić information content (AvgIpc) is 3.42. The average molecular weight is 431 g/mol. The third-order valence-corrected chi connectivity index (χ3v) is 5.21. The molecule has 0 atom stereocenters. The Bertz CT molecular complexity index is 1330. The summed E-state index contributed by atoms with van der Waals surface area (Å²) in [5.74, 6) is 1.35. The fourth-order valence-corrected chi connectivity index (χ4v) is 3.60. The lowest BCUT2D eigenvalue weighted by Gasteiger charge is -2.03. The van der Waals surface area contributed by atoms with E-state index >= 15 is 0 Å². The Morgan fingerprint density at radius 3 is 2.39 bits per heavy atom. The van der Waals surface area contributed by atoms with Gasteiger partial charge in [-0.1, -0.05) is 54.1 Å². The second-order valence-corrected chi connectivity index (χ2v) is 7.52. The second kappa shape index (κ2) is 8.20. The van der Waals surface area contributed by atoms with Crippen molar-refractivity contribution < 1.29 is 4.74 Å². The van der Waals surface area contributed by atoms with Crippen molar-refractivity contribution in [2.45, 2.75) is 13.1 Å². The first-order valence-electron chi connectivity index (χ1n) is 9.78. The Morgan fingerprint density at radius 2 is 1.61 bits per heavy atom. The third kappa shape index (κ3) is 4.13. The van der Waals surface area contributed by atoms with E-state index in [-0.39, 0.29) is 0 Å². The number of fused-ring (bicyclic) bond motifs is 1. The first-order chi connectivity index (χ1) is 15.2. The van der Waals surface area contributed by atoms with Crippen molar-refractivity contribution in [1.29, 1.82) is 0 Å². The molecule has 154 valence electrons. The van der Waals surface area contributed by atoms with Crippen LogP contribution >= 0.6 is 11.6 Å². The smallest absolute Gasteiger partial charge is 0.164 e. The topological polar surface area (TPSA) is 70.7 Å². The molecular weight excluding hydrogens is 412 g/mol. The van der Waals surface area contributed by atoms with Crippen LogP contribution in [0.4, 0.5) is 0 Å². The van der Waals surface area contributed by atoms with Crippen LogP contribution in [0.2, 0.25) is 5.15 Å². The summed E-state index contributed by atoms with van der Waals surface area (Å²) in [5.41, 5.74) is 4.35. The van der Waals surface area contributed by atoms with Crippen LogP contribution in [0.5, 0.6) is 5.75 Å². The first-order valence-corrected chi connectivity index (χ1v) is 10.2. The van der Waals surface area contributed by atoms with E-state index in [1.807, 2.05) is 64.2 Å². The largest absolute Gasteiger partial charge is 0.497 e. The molecule has 5 aromatic rings. The van der Waals surface area contributed by atoms with E-state index < -0.39 is 0 Å². The summed E-state index contributed by atoms with van der Waals surface area (Å²) >= 11 is 6.43. The number of aromatic nitrogens is 6. The van der Waals surface area contributed by atoms with Gasteiger partial charge in [-0.15, -0.1) is 0 Å². The van der Waals surface area contributed by atoms with E-state index in [0.29, 0.717) is 35.1 Å². The van der Waals surface area contributed by atoms with Crippen LogP contribution in [0.3, 0.4) is 0 Å². The van der Waals surface area contributed by atoms with Gasteiger partial charge in [0.05, 0.1) is 38.2 Å². The zero-order valence-corrected chi connectivity index (χ0v) is 17.6. The molecule has 0 radical (unpaired) electrons. The highest BCUT2D eigenvalue weighted by Crippen LogP contribution is 2.24. The van der Waals surface area contributed by atoms with Crippen molar-refractivity contribution >= 4 is 22.6 Å². The van der Waals surface area contributed by atoms with Gasteiger partial charge >= 0.3 is 0 Å². The maximum atomic E-state index is 6.43. The molecule has 0 aliphatic carbocycles. The summed E-state index contributed by atoms with van der Waals surface area (Å²) in [5, 5.41) is 9.31. The summed E-state index contributed by atoms with van der Waals surface area (Å²) in [6.07, 6.45) is 5.56. The number of benzene rings is 2. The molecule has 3 heterocycles. The van der Waals surface area contributed by atoms with Gasteiger partial charge in [0.25, 0.3) is 0 Å². The predicted molar refractivity (Wildman–Crippen MR) is 119 cm³/mol. The molecule has 0 spiro atoms. The molecule has 31 heavy (non-hydrogen) atoms. The number of ether oxygens (including phenoxy) is 1. The van der Waals surface area contributed by atoms with E-state index in [1.165, 1.54) is 5.56 Å². The number of methoxy groups -OCH3 is 1.